The van der Waals surface area contributed by atoms with E-state index in [2.05, 4.69) is 0 Å². The quantitative estimate of drug-likeness (QED) is 0.578. The minimum absolute atomic E-state index is 0.354. The zero-order valence-electron chi connectivity index (χ0n) is 7.34. The number of hydrogen-bond acceptors (Lipinski definition) is 3. The van der Waals surface area contributed by atoms with Gasteiger partial charge in [-0.3, -0.25) is 4.79 Å². The van der Waals surface area contributed by atoms with E-state index < -0.39 is 11.4 Å². The van der Waals surface area contributed by atoms with Crippen molar-refractivity contribution in [2.24, 2.45) is 11.5 Å². The number of nitrogens with two attached hydrogens (primary N) is 2. The monoisotopic (exact) mass is 169 g/mol. The third-order valence-corrected chi connectivity index (χ3v) is 1.81. The molecule has 0 heterocycles. The van der Waals surface area contributed by atoms with Crippen molar-refractivity contribution in [1.29, 1.82) is 5.26 Å². The van der Waals surface area contributed by atoms with Crippen molar-refractivity contribution in [2.75, 3.05) is 0 Å². The Morgan fingerprint density at radius 1 is 1.58 bits per heavy atom. The first-order valence-electron chi connectivity index (χ1n) is 4.07. The second-order valence-electron chi connectivity index (χ2n) is 2.90. The molecule has 0 aromatic carbocycles. The van der Waals surface area contributed by atoms with Crippen LogP contribution in [0.2, 0.25) is 0 Å². The number of primary amides is 1. The number of nitrogens with zero attached hydrogens (tertiary/aromatic N) is 1. The lowest BCUT2D eigenvalue weighted by molar-refractivity contribution is -0.121. The number of amides is 1. The van der Waals surface area contributed by atoms with Crippen molar-refractivity contribution in [1.82, 2.24) is 0 Å². The molecule has 0 aliphatic carbocycles. The van der Waals surface area contributed by atoms with Crippen LogP contribution in [0.3, 0.4) is 0 Å². The smallest absolute Gasteiger partial charge is 0.252 e. The lowest BCUT2D eigenvalue weighted by atomic mass is 9.94. The molecule has 1 atom stereocenters. The van der Waals surface area contributed by atoms with Crippen LogP contribution in [0.5, 0.6) is 0 Å². The van der Waals surface area contributed by atoms with Crippen molar-refractivity contribution in [3.63, 3.8) is 0 Å². The van der Waals surface area contributed by atoms with Gasteiger partial charge in [-0.2, -0.15) is 5.26 Å². The largest absolute Gasteiger partial charge is 0.367 e. The molecule has 0 radical (unpaired) electrons. The molecule has 0 aromatic rings. The van der Waals surface area contributed by atoms with E-state index in [9.17, 15) is 4.79 Å². The van der Waals surface area contributed by atoms with Gasteiger partial charge in [0.05, 0.1) is 6.07 Å². The maximum Gasteiger partial charge on any atom is 0.252 e. The summed E-state index contributed by atoms with van der Waals surface area (Å²) in [7, 11) is 0. The molecule has 0 aliphatic heterocycles. The molecule has 12 heavy (non-hydrogen) atoms. The first-order valence-corrected chi connectivity index (χ1v) is 4.07. The van der Waals surface area contributed by atoms with Crippen molar-refractivity contribution in [3.05, 3.63) is 0 Å². The highest BCUT2D eigenvalue weighted by Gasteiger charge is 2.30. The van der Waals surface area contributed by atoms with Gasteiger partial charge < -0.3 is 11.5 Å². The highest BCUT2D eigenvalue weighted by Crippen LogP contribution is 2.10. The Morgan fingerprint density at radius 2 is 2.17 bits per heavy atom. The van der Waals surface area contributed by atoms with E-state index in [0.29, 0.717) is 6.42 Å². The van der Waals surface area contributed by atoms with Gasteiger partial charge in [-0.15, -0.1) is 0 Å². The summed E-state index contributed by atoms with van der Waals surface area (Å²) in [6.07, 6.45) is 3.12. The van der Waals surface area contributed by atoms with Gasteiger partial charge in [0, 0.05) is 0 Å². The van der Waals surface area contributed by atoms with Gasteiger partial charge in [-0.1, -0.05) is 26.2 Å². The summed E-state index contributed by atoms with van der Waals surface area (Å²) in [5.41, 5.74) is 8.96. The van der Waals surface area contributed by atoms with Crippen molar-refractivity contribution in [2.45, 2.75) is 38.1 Å². The summed E-state index contributed by atoms with van der Waals surface area (Å²) in [6, 6.07) is 1.74. The normalized spacial score (nSPS) is 14.8. The van der Waals surface area contributed by atoms with Gasteiger partial charge in [-0.05, 0) is 6.42 Å². The van der Waals surface area contributed by atoms with Crippen LogP contribution >= 0.6 is 0 Å². The molecule has 0 aliphatic rings. The number of nitriles is 1. The van der Waals surface area contributed by atoms with Gasteiger partial charge in [0.25, 0.3) is 5.91 Å². The predicted molar refractivity (Wildman–Crippen MR) is 45.9 cm³/mol. The zero-order chi connectivity index (χ0) is 9.61. The fourth-order valence-electron chi connectivity index (χ4n) is 0.888. The van der Waals surface area contributed by atoms with E-state index in [1.54, 1.807) is 6.07 Å². The van der Waals surface area contributed by atoms with Crippen LogP contribution in [0.15, 0.2) is 0 Å². The van der Waals surface area contributed by atoms with Gasteiger partial charge in [0.2, 0.25) is 0 Å². The molecule has 1 amide bonds. The molecule has 4 N–H and O–H groups in total. The van der Waals surface area contributed by atoms with Crippen LogP contribution in [-0.2, 0) is 4.79 Å². The lowest BCUT2D eigenvalue weighted by Crippen LogP contribution is -2.50. The topological polar surface area (TPSA) is 92.9 Å². The van der Waals surface area contributed by atoms with Crippen LogP contribution in [-0.4, -0.2) is 11.4 Å². The summed E-state index contributed by atoms with van der Waals surface area (Å²) in [4.78, 5) is 10.7. The van der Waals surface area contributed by atoms with E-state index in [1.165, 1.54) is 0 Å². The number of carbonyl (C=O) groups is 1. The first-order chi connectivity index (χ1) is 5.56. The fraction of sp³-hybridized carbons (Fsp3) is 0.750. The van der Waals surface area contributed by atoms with Crippen LogP contribution < -0.4 is 11.5 Å². The Morgan fingerprint density at radius 3 is 2.50 bits per heavy atom. The molecule has 0 rings (SSSR count). The lowest BCUT2D eigenvalue weighted by Gasteiger charge is -2.16. The maximum atomic E-state index is 10.7. The van der Waals surface area contributed by atoms with E-state index in [0.717, 1.165) is 19.3 Å². The Labute approximate surface area is 72.5 Å². The summed E-state index contributed by atoms with van der Waals surface area (Å²) >= 11 is 0. The van der Waals surface area contributed by atoms with Gasteiger partial charge >= 0.3 is 0 Å². The number of unbranched alkanes of at least 4 members (excludes halogenated alkanes) is 2. The Hall–Kier alpha value is -1.08. The first kappa shape index (κ1) is 10.9. The molecule has 1 unspecified atom stereocenters. The van der Waals surface area contributed by atoms with Crippen molar-refractivity contribution >= 4 is 5.91 Å². The van der Waals surface area contributed by atoms with E-state index >= 15 is 0 Å². The minimum Gasteiger partial charge on any atom is -0.367 e. The van der Waals surface area contributed by atoms with Crippen LogP contribution in [0, 0.1) is 11.3 Å². The second-order valence-corrected chi connectivity index (χ2v) is 2.90. The number of carbonyl (C=O) groups excluding carboxylic acids is 1. The van der Waals surface area contributed by atoms with Crippen molar-refractivity contribution < 1.29 is 4.79 Å². The summed E-state index contributed by atoms with van der Waals surface area (Å²) in [5, 5.41) is 8.58. The minimum atomic E-state index is -1.46. The standard InChI is InChI=1S/C8H15N3O/c1-2-3-4-5-8(11,6-9)7(10)12/h2-5,11H2,1H3,(H2,10,12). The molecule has 0 bridgehead atoms. The fourth-order valence-corrected chi connectivity index (χ4v) is 0.888. The summed E-state index contributed by atoms with van der Waals surface area (Å²) in [5.74, 6) is -0.735. The number of hydrogen-bond donors (Lipinski definition) is 2. The molecule has 0 spiro atoms. The van der Waals surface area contributed by atoms with Crippen LogP contribution in [0.25, 0.3) is 0 Å². The molecule has 0 saturated heterocycles. The average molecular weight is 169 g/mol. The van der Waals surface area contributed by atoms with Gasteiger partial charge in [0.15, 0.2) is 5.54 Å². The Balaban J connectivity index is 4.00. The molecule has 0 fully saturated rings. The third-order valence-electron chi connectivity index (χ3n) is 1.81. The second kappa shape index (κ2) is 4.73. The molecular weight excluding hydrogens is 154 g/mol. The van der Waals surface area contributed by atoms with Gasteiger partial charge in [0.1, 0.15) is 0 Å². The van der Waals surface area contributed by atoms with E-state index in [4.69, 9.17) is 16.7 Å². The predicted octanol–water partition coefficient (Wildman–Crippen LogP) is 0.273. The zero-order valence-corrected chi connectivity index (χ0v) is 7.34. The highest BCUT2D eigenvalue weighted by molar-refractivity contribution is 5.87. The Kier molecular flexibility index (Phi) is 4.30. The molecule has 4 nitrogen and oxygen atoms in total. The van der Waals surface area contributed by atoms with Crippen LogP contribution in [0.1, 0.15) is 32.6 Å². The molecule has 0 aromatic heterocycles. The molecular formula is C8H15N3O. The molecule has 68 valence electrons. The maximum absolute atomic E-state index is 10.7. The van der Waals surface area contributed by atoms with Crippen LogP contribution in [0.4, 0.5) is 0 Å². The summed E-state index contributed by atoms with van der Waals surface area (Å²) < 4.78 is 0. The SMILES string of the molecule is CCCCCC(N)(C#N)C(N)=O. The summed E-state index contributed by atoms with van der Waals surface area (Å²) in [6.45, 7) is 2.04. The average Bonchev–Trinajstić information content (AvgIpc) is 2.04. The van der Waals surface area contributed by atoms with Gasteiger partial charge in [-0.25, -0.2) is 0 Å². The highest BCUT2D eigenvalue weighted by atomic mass is 16.1. The van der Waals surface area contributed by atoms with E-state index in [1.807, 2.05) is 6.92 Å². The van der Waals surface area contributed by atoms with Crippen molar-refractivity contribution in [3.8, 4) is 6.07 Å². The number of rotatable bonds is 5. The molecule has 0 saturated carbocycles. The third kappa shape index (κ3) is 2.89. The molecule has 4 heteroatoms. The Bertz CT molecular complexity index is 197. The van der Waals surface area contributed by atoms with E-state index in [-0.39, 0.29) is 0 Å².